The first-order valence-electron chi connectivity index (χ1n) is 5.78. The van der Waals surface area contributed by atoms with Crippen LogP contribution in [0.2, 0.25) is 0 Å². The first-order chi connectivity index (χ1) is 9.56. The van der Waals surface area contributed by atoms with E-state index in [1.807, 2.05) is 6.07 Å². The molecule has 0 fully saturated rings. The summed E-state index contributed by atoms with van der Waals surface area (Å²) in [7, 11) is 0. The Bertz CT molecular complexity index is 629. The number of aliphatic hydroxyl groups is 1. The number of para-hydroxylation sites is 2. The van der Waals surface area contributed by atoms with Crippen LogP contribution < -0.4 is 5.32 Å². The van der Waals surface area contributed by atoms with Crippen LogP contribution >= 0.6 is 0 Å². The van der Waals surface area contributed by atoms with E-state index in [-0.39, 0.29) is 12.4 Å². The van der Waals surface area contributed by atoms with E-state index in [0.29, 0.717) is 11.1 Å². The number of aliphatic hydroxyl groups excluding tert-OH is 1. The SMILES string of the molecule is O=C(C=Cc1nc2ccccc2o1)NCC(O)C(=O)O. The lowest BCUT2D eigenvalue weighted by molar-refractivity contribution is -0.146. The average molecular weight is 276 g/mol. The topological polar surface area (TPSA) is 113 Å². The number of carbonyl (C=O) groups excluding carboxylic acids is 1. The average Bonchev–Trinajstić information content (AvgIpc) is 2.85. The van der Waals surface area contributed by atoms with Gasteiger partial charge in [-0.1, -0.05) is 12.1 Å². The van der Waals surface area contributed by atoms with Gasteiger partial charge >= 0.3 is 5.97 Å². The number of nitrogens with one attached hydrogen (secondary N) is 1. The third-order valence-corrected chi connectivity index (χ3v) is 2.44. The molecule has 7 heteroatoms. The molecule has 0 bridgehead atoms. The fourth-order valence-corrected chi connectivity index (χ4v) is 1.45. The van der Waals surface area contributed by atoms with Crippen molar-refractivity contribution in [2.24, 2.45) is 0 Å². The lowest BCUT2D eigenvalue weighted by Gasteiger charge is -2.04. The van der Waals surface area contributed by atoms with Gasteiger partial charge in [0.1, 0.15) is 5.52 Å². The number of nitrogens with zero attached hydrogens (tertiary/aromatic N) is 1. The van der Waals surface area contributed by atoms with E-state index in [1.165, 1.54) is 6.08 Å². The summed E-state index contributed by atoms with van der Waals surface area (Å²) >= 11 is 0. The van der Waals surface area contributed by atoms with Crippen LogP contribution in [0, 0.1) is 0 Å². The van der Waals surface area contributed by atoms with Gasteiger partial charge in [-0.25, -0.2) is 9.78 Å². The molecule has 0 saturated carbocycles. The van der Waals surface area contributed by atoms with E-state index in [0.717, 1.165) is 6.08 Å². The molecule has 2 rings (SSSR count). The van der Waals surface area contributed by atoms with Crippen molar-refractivity contribution in [1.29, 1.82) is 0 Å². The fourth-order valence-electron chi connectivity index (χ4n) is 1.45. The molecule has 20 heavy (non-hydrogen) atoms. The number of aromatic nitrogens is 1. The van der Waals surface area contributed by atoms with Crippen molar-refractivity contribution < 1.29 is 24.2 Å². The maximum atomic E-state index is 11.4. The van der Waals surface area contributed by atoms with Crippen LogP contribution in [-0.2, 0) is 9.59 Å². The van der Waals surface area contributed by atoms with Gasteiger partial charge in [0.25, 0.3) is 0 Å². The first kappa shape index (κ1) is 13.8. The molecule has 1 aromatic heterocycles. The van der Waals surface area contributed by atoms with Crippen LogP contribution in [0.3, 0.4) is 0 Å². The smallest absolute Gasteiger partial charge is 0.334 e. The fraction of sp³-hybridized carbons (Fsp3) is 0.154. The number of carboxylic acid groups (broad SMARTS) is 1. The predicted octanol–water partition coefficient (Wildman–Crippen LogP) is 0.403. The quantitative estimate of drug-likeness (QED) is 0.681. The van der Waals surface area contributed by atoms with E-state index in [9.17, 15) is 9.59 Å². The molecule has 7 nitrogen and oxygen atoms in total. The Hall–Kier alpha value is -2.67. The Balaban J connectivity index is 1.95. The normalized spacial score (nSPS) is 12.7. The van der Waals surface area contributed by atoms with E-state index in [1.54, 1.807) is 18.2 Å². The Morgan fingerprint density at radius 3 is 2.85 bits per heavy atom. The summed E-state index contributed by atoms with van der Waals surface area (Å²) in [5.41, 5.74) is 1.28. The molecule has 3 N–H and O–H groups in total. The second-order valence-corrected chi connectivity index (χ2v) is 3.95. The summed E-state index contributed by atoms with van der Waals surface area (Å²) < 4.78 is 5.36. The Morgan fingerprint density at radius 2 is 2.15 bits per heavy atom. The number of carboxylic acids is 1. The number of hydrogen-bond donors (Lipinski definition) is 3. The third kappa shape index (κ3) is 3.42. The largest absolute Gasteiger partial charge is 0.479 e. The molecule has 1 amide bonds. The number of oxazole rings is 1. The molecule has 0 aliphatic carbocycles. The molecule has 1 aromatic carbocycles. The number of aliphatic carboxylic acids is 1. The zero-order valence-electron chi connectivity index (χ0n) is 10.3. The van der Waals surface area contributed by atoms with Crippen molar-refractivity contribution in [2.75, 3.05) is 6.54 Å². The number of amides is 1. The molecule has 1 atom stereocenters. The molecule has 1 heterocycles. The molecule has 0 aliphatic rings. The highest BCUT2D eigenvalue weighted by molar-refractivity contribution is 5.91. The predicted molar refractivity (Wildman–Crippen MR) is 69.7 cm³/mol. The number of benzene rings is 1. The molecular formula is C13H12N2O5. The van der Waals surface area contributed by atoms with E-state index < -0.39 is 18.0 Å². The molecular weight excluding hydrogens is 264 g/mol. The molecule has 104 valence electrons. The highest BCUT2D eigenvalue weighted by atomic mass is 16.4. The minimum Gasteiger partial charge on any atom is -0.479 e. The molecule has 1 unspecified atom stereocenters. The zero-order chi connectivity index (χ0) is 14.5. The molecule has 0 spiro atoms. The second kappa shape index (κ2) is 5.98. The summed E-state index contributed by atoms with van der Waals surface area (Å²) in [5, 5.41) is 19.7. The number of fused-ring (bicyclic) bond motifs is 1. The Labute approximate surface area is 113 Å². The Kier molecular flexibility index (Phi) is 4.11. The van der Waals surface area contributed by atoms with Crippen LogP contribution in [-0.4, -0.2) is 39.7 Å². The van der Waals surface area contributed by atoms with Gasteiger partial charge in [0.2, 0.25) is 11.8 Å². The highest BCUT2D eigenvalue weighted by Crippen LogP contribution is 2.15. The van der Waals surface area contributed by atoms with E-state index in [2.05, 4.69) is 10.3 Å². The van der Waals surface area contributed by atoms with Crippen LogP contribution in [0.5, 0.6) is 0 Å². The van der Waals surface area contributed by atoms with Crippen LogP contribution in [0.15, 0.2) is 34.8 Å². The molecule has 0 saturated heterocycles. The zero-order valence-corrected chi connectivity index (χ0v) is 10.3. The summed E-state index contributed by atoms with van der Waals surface area (Å²) in [4.78, 5) is 25.9. The summed E-state index contributed by atoms with van der Waals surface area (Å²) in [6.07, 6.45) is 0.888. The van der Waals surface area contributed by atoms with Crippen LogP contribution in [0.1, 0.15) is 5.89 Å². The van der Waals surface area contributed by atoms with Crippen molar-refractivity contribution >= 4 is 29.1 Å². The van der Waals surface area contributed by atoms with E-state index in [4.69, 9.17) is 14.6 Å². The summed E-state index contributed by atoms with van der Waals surface area (Å²) in [5.74, 6) is -1.68. The van der Waals surface area contributed by atoms with Crippen molar-refractivity contribution in [2.45, 2.75) is 6.10 Å². The van der Waals surface area contributed by atoms with Crippen LogP contribution in [0.4, 0.5) is 0 Å². The molecule has 0 aliphatic heterocycles. The van der Waals surface area contributed by atoms with Gasteiger partial charge in [-0.3, -0.25) is 4.79 Å². The monoisotopic (exact) mass is 276 g/mol. The second-order valence-electron chi connectivity index (χ2n) is 3.95. The van der Waals surface area contributed by atoms with E-state index >= 15 is 0 Å². The number of rotatable bonds is 5. The molecule has 0 radical (unpaired) electrons. The van der Waals surface area contributed by atoms with Gasteiger partial charge in [-0.2, -0.15) is 0 Å². The summed E-state index contributed by atoms with van der Waals surface area (Å²) in [6, 6.07) is 7.15. The van der Waals surface area contributed by atoms with Gasteiger partial charge < -0.3 is 19.9 Å². The van der Waals surface area contributed by atoms with Gasteiger partial charge in [-0.15, -0.1) is 0 Å². The van der Waals surface area contributed by atoms with Crippen molar-refractivity contribution in [3.8, 4) is 0 Å². The molecule has 2 aromatic rings. The maximum Gasteiger partial charge on any atom is 0.334 e. The van der Waals surface area contributed by atoms with Crippen molar-refractivity contribution in [1.82, 2.24) is 10.3 Å². The third-order valence-electron chi connectivity index (χ3n) is 2.44. The van der Waals surface area contributed by atoms with Crippen molar-refractivity contribution in [3.63, 3.8) is 0 Å². The van der Waals surface area contributed by atoms with Gasteiger partial charge in [-0.05, 0) is 12.1 Å². The summed E-state index contributed by atoms with van der Waals surface area (Å²) in [6.45, 7) is -0.369. The minimum atomic E-state index is -1.63. The Morgan fingerprint density at radius 1 is 1.40 bits per heavy atom. The minimum absolute atomic E-state index is 0.264. The van der Waals surface area contributed by atoms with Crippen molar-refractivity contribution in [3.05, 3.63) is 36.2 Å². The standard InChI is InChI=1S/C13H12N2O5/c16-9(13(18)19)7-14-11(17)5-6-12-15-8-3-1-2-4-10(8)20-12/h1-6,9,16H,7H2,(H,14,17)(H,18,19). The number of hydrogen-bond acceptors (Lipinski definition) is 5. The van der Waals surface area contributed by atoms with Gasteiger partial charge in [0, 0.05) is 12.2 Å². The van der Waals surface area contributed by atoms with Crippen LogP contribution in [0.25, 0.3) is 17.2 Å². The lowest BCUT2D eigenvalue weighted by Crippen LogP contribution is -2.35. The number of carbonyl (C=O) groups is 2. The first-order valence-corrected chi connectivity index (χ1v) is 5.78. The van der Waals surface area contributed by atoms with Gasteiger partial charge in [0.15, 0.2) is 11.7 Å². The maximum absolute atomic E-state index is 11.4. The lowest BCUT2D eigenvalue weighted by atomic mass is 10.3. The highest BCUT2D eigenvalue weighted by Gasteiger charge is 2.13. The van der Waals surface area contributed by atoms with Gasteiger partial charge in [0.05, 0.1) is 6.54 Å².